The third kappa shape index (κ3) is 3.63. The standard InChI is InChI=1S/C19H22N4O3S/c1-23(2)27(24,25)22-15-8-10-17-14(11-15)12-26-19(20-17)21-18-9-7-13-5-3-4-6-16(13)18/h3-6,8,10-11,18,22H,7,9,12H2,1-2H3,(H,20,21). The maximum absolute atomic E-state index is 12.0. The van der Waals surface area contributed by atoms with Crippen LogP contribution in [0.3, 0.4) is 0 Å². The molecule has 1 unspecified atom stereocenters. The van der Waals surface area contributed by atoms with Gasteiger partial charge in [-0.3, -0.25) is 4.72 Å². The Kier molecular flexibility index (Phi) is 4.53. The van der Waals surface area contributed by atoms with Gasteiger partial charge in [-0.2, -0.15) is 12.7 Å². The Morgan fingerprint density at radius 1 is 1.19 bits per heavy atom. The summed E-state index contributed by atoms with van der Waals surface area (Å²) in [7, 11) is -0.571. The van der Waals surface area contributed by atoms with Crippen LogP contribution in [0, 0.1) is 0 Å². The molecule has 8 heteroatoms. The fraction of sp³-hybridized carbons (Fsp3) is 0.316. The van der Waals surface area contributed by atoms with Crippen molar-refractivity contribution in [1.29, 1.82) is 0 Å². The topological polar surface area (TPSA) is 83.0 Å². The highest BCUT2D eigenvalue weighted by molar-refractivity contribution is 7.90. The number of hydrogen-bond acceptors (Lipinski definition) is 4. The van der Waals surface area contributed by atoms with Crippen LogP contribution >= 0.6 is 0 Å². The molecule has 1 aliphatic heterocycles. The first-order chi connectivity index (χ1) is 12.9. The summed E-state index contributed by atoms with van der Waals surface area (Å²) >= 11 is 0. The van der Waals surface area contributed by atoms with E-state index in [4.69, 9.17) is 9.73 Å². The van der Waals surface area contributed by atoms with E-state index < -0.39 is 10.2 Å². The van der Waals surface area contributed by atoms with Gasteiger partial charge in [0, 0.05) is 25.3 Å². The second-order valence-electron chi connectivity index (χ2n) is 6.86. The number of aliphatic imine (C=N–C) groups is 1. The molecule has 7 nitrogen and oxygen atoms in total. The number of rotatable bonds is 4. The van der Waals surface area contributed by atoms with E-state index in [0.717, 1.165) is 28.4 Å². The normalized spacial score (nSPS) is 20.0. The molecule has 0 fully saturated rings. The van der Waals surface area contributed by atoms with Crippen molar-refractivity contribution in [1.82, 2.24) is 4.31 Å². The Morgan fingerprint density at radius 3 is 2.81 bits per heavy atom. The average Bonchev–Trinajstić information content (AvgIpc) is 3.04. The van der Waals surface area contributed by atoms with Gasteiger partial charge in [-0.15, -0.1) is 0 Å². The van der Waals surface area contributed by atoms with Crippen LogP contribution in [0.4, 0.5) is 11.4 Å². The fourth-order valence-electron chi connectivity index (χ4n) is 3.32. The highest BCUT2D eigenvalue weighted by Gasteiger charge is 2.24. The lowest BCUT2D eigenvalue weighted by Crippen LogP contribution is -2.29. The Hall–Kier alpha value is -2.58. The van der Waals surface area contributed by atoms with Gasteiger partial charge < -0.3 is 10.1 Å². The number of ether oxygens (including phenoxy) is 1. The molecular weight excluding hydrogens is 364 g/mol. The fourth-order valence-corrected chi connectivity index (χ4v) is 3.92. The third-order valence-electron chi connectivity index (χ3n) is 4.81. The van der Waals surface area contributed by atoms with E-state index >= 15 is 0 Å². The van der Waals surface area contributed by atoms with Crippen LogP contribution in [0.5, 0.6) is 0 Å². The van der Waals surface area contributed by atoms with Crippen LogP contribution in [-0.4, -0.2) is 32.8 Å². The molecule has 0 aromatic heterocycles. The summed E-state index contributed by atoms with van der Waals surface area (Å²) in [4.78, 5) is 4.75. The highest BCUT2D eigenvalue weighted by atomic mass is 32.2. The first kappa shape index (κ1) is 17.8. The van der Waals surface area contributed by atoms with Gasteiger partial charge >= 0.3 is 10.2 Å². The van der Waals surface area contributed by atoms with E-state index in [1.165, 1.54) is 25.2 Å². The molecule has 0 spiro atoms. The second kappa shape index (κ2) is 6.86. The Balaban J connectivity index is 1.51. The molecule has 0 amide bonds. The van der Waals surface area contributed by atoms with Gasteiger partial charge in [-0.1, -0.05) is 24.3 Å². The SMILES string of the molecule is CN(C)S(=O)(=O)Nc1ccc2c(c1)COC(=NC1CCc3ccccc31)N2. The van der Waals surface area contributed by atoms with Crippen molar-refractivity contribution in [3.8, 4) is 0 Å². The number of fused-ring (bicyclic) bond motifs is 2. The van der Waals surface area contributed by atoms with Crippen LogP contribution < -0.4 is 10.0 Å². The molecule has 27 heavy (non-hydrogen) atoms. The van der Waals surface area contributed by atoms with Crippen LogP contribution in [-0.2, 0) is 28.0 Å². The van der Waals surface area contributed by atoms with Gasteiger partial charge in [-0.25, -0.2) is 4.99 Å². The third-order valence-corrected chi connectivity index (χ3v) is 6.27. The molecule has 2 N–H and O–H groups in total. The summed E-state index contributed by atoms with van der Waals surface area (Å²) in [6.07, 6.45) is 2.01. The summed E-state index contributed by atoms with van der Waals surface area (Å²) in [5.74, 6) is 0. The van der Waals surface area contributed by atoms with Gasteiger partial charge in [0.15, 0.2) is 0 Å². The van der Waals surface area contributed by atoms with E-state index in [1.807, 2.05) is 12.1 Å². The lowest BCUT2D eigenvalue weighted by atomic mass is 10.1. The van der Waals surface area contributed by atoms with Gasteiger partial charge in [0.1, 0.15) is 6.61 Å². The number of benzene rings is 2. The molecule has 2 aromatic carbocycles. The molecular formula is C19H22N4O3S. The molecule has 142 valence electrons. The number of amidine groups is 1. The molecule has 1 atom stereocenters. The average molecular weight is 386 g/mol. The number of anilines is 2. The quantitative estimate of drug-likeness (QED) is 0.846. The zero-order valence-corrected chi connectivity index (χ0v) is 16.1. The molecule has 0 bridgehead atoms. The molecule has 0 radical (unpaired) electrons. The van der Waals surface area contributed by atoms with Gasteiger partial charge in [-0.05, 0) is 42.2 Å². The van der Waals surface area contributed by atoms with Crippen molar-refractivity contribution in [2.75, 3.05) is 24.1 Å². The molecule has 2 aliphatic rings. The van der Waals surface area contributed by atoms with Crippen molar-refractivity contribution in [2.45, 2.75) is 25.5 Å². The maximum atomic E-state index is 12.0. The summed E-state index contributed by atoms with van der Waals surface area (Å²) in [6.45, 7) is 0.340. The highest BCUT2D eigenvalue weighted by Crippen LogP contribution is 2.35. The van der Waals surface area contributed by atoms with Crippen LogP contribution in [0.25, 0.3) is 0 Å². The Labute approximate surface area is 159 Å². The van der Waals surface area contributed by atoms with Crippen molar-refractivity contribution < 1.29 is 13.2 Å². The van der Waals surface area contributed by atoms with E-state index in [1.54, 1.807) is 12.1 Å². The van der Waals surface area contributed by atoms with Crippen molar-refractivity contribution in [3.63, 3.8) is 0 Å². The predicted molar refractivity (Wildman–Crippen MR) is 106 cm³/mol. The molecule has 1 aliphatic carbocycles. The molecule has 4 rings (SSSR count). The Morgan fingerprint density at radius 2 is 2.00 bits per heavy atom. The van der Waals surface area contributed by atoms with Gasteiger partial charge in [0.2, 0.25) is 0 Å². The Bertz CT molecular complexity index is 1000. The number of hydrogen-bond donors (Lipinski definition) is 2. The van der Waals surface area contributed by atoms with Crippen LogP contribution in [0.1, 0.15) is 29.2 Å². The largest absolute Gasteiger partial charge is 0.460 e. The molecule has 1 heterocycles. The van der Waals surface area contributed by atoms with Crippen molar-refractivity contribution >= 4 is 27.6 Å². The molecule has 2 aromatic rings. The van der Waals surface area contributed by atoms with Gasteiger partial charge in [0.05, 0.1) is 11.7 Å². The van der Waals surface area contributed by atoms with Gasteiger partial charge in [0.25, 0.3) is 6.02 Å². The first-order valence-corrected chi connectivity index (χ1v) is 10.2. The van der Waals surface area contributed by atoms with Crippen LogP contribution in [0.15, 0.2) is 47.5 Å². The zero-order valence-electron chi connectivity index (χ0n) is 15.3. The number of nitrogens with one attached hydrogen (secondary N) is 2. The minimum Gasteiger partial charge on any atom is -0.460 e. The summed E-state index contributed by atoms with van der Waals surface area (Å²) in [5.41, 5.74) is 4.85. The minimum atomic E-state index is -3.53. The van der Waals surface area contributed by atoms with E-state index in [-0.39, 0.29) is 6.04 Å². The summed E-state index contributed by atoms with van der Waals surface area (Å²) in [5, 5.41) is 3.21. The van der Waals surface area contributed by atoms with Crippen molar-refractivity contribution in [3.05, 3.63) is 59.2 Å². The van der Waals surface area contributed by atoms with E-state index in [9.17, 15) is 8.42 Å². The smallest absolute Gasteiger partial charge is 0.301 e. The number of aryl methyl sites for hydroxylation is 1. The first-order valence-electron chi connectivity index (χ1n) is 8.81. The lowest BCUT2D eigenvalue weighted by molar-refractivity contribution is 0.282. The summed E-state index contributed by atoms with van der Waals surface area (Å²) in [6, 6.07) is 14.3. The van der Waals surface area contributed by atoms with E-state index in [0.29, 0.717) is 18.3 Å². The number of nitrogens with zero attached hydrogens (tertiary/aromatic N) is 2. The molecule has 0 saturated carbocycles. The van der Waals surface area contributed by atoms with Crippen molar-refractivity contribution in [2.24, 2.45) is 4.99 Å². The zero-order chi connectivity index (χ0) is 19.0. The maximum Gasteiger partial charge on any atom is 0.301 e. The lowest BCUT2D eigenvalue weighted by Gasteiger charge is -2.23. The second-order valence-corrected chi connectivity index (χ2v) is 8.75. The van der Waals surface area contributed by atoms with E-state index in [2.05, 4.69) is 28.2 Å². The van der Waals surface area contributed by atoms with Crippen LogP contribution in [0.2, 0.25) is 0 Å². The molecule has 0 saturated heterocycles. The minimum absolute atomic E-state index is 0.108. The summed E-state index contributed by atoms with van der Waals surface area (Å²) < 4.78 is 33.4. The predicted octanol–water partition coefficient (Wildman–Crippen LogP) is 2.89. The monoisotopic (exact) mass is 386 g/mol.